The van der Waals surface area contributed by atoms with Gasteiger partial charge in [-0.2, -0.15) is 0 Å². The van der Waals surface area contributed by atoms with Crippen molar-refractivity contribution in [1.29, 1.82) is 0 Å². The SMILES string of the molecule is NC[C@H](OCc1ccccc1)C(OCc1ccccc1)[C@H](CN)OCc1ccccc1. The molecular formula is C26H32N2O3. The summed E-state index contributed by atoms with van der Waals surface area (Å²) in [5, 5.41) is 0. The highest BCUT2D eigenvalue weighted by Gasteiger charge is 2.31. The zero-order valence-corrected chi connectivity index (χ0v) is 17.8. The Labute approximate surface area is 184 Å². The monoisotopic (exact) mass is 420 g/mol. The molecule has 2 atom stereocenters. The van der Waals surface area contributed by atoms with E-state index >= 15 is 0 Å². The van der Waals surface area contributed by atoms with Gasteiger partial charge in [-0.15, -0.1) is 0 Å². The lowest BCUT2D eigenvalue weighted by molar-refractivity contribution is -0.145. The Morgan fingerprint density at radius 1 is 0.484 bits per heavy atom. The molecule has 0 amide bonds. The van der Waals surface area contributed by atoms with Gasteiger partial charge >= 0.3 is 0 Å². The van der Waals surface area contributed by atoms with Gasteiger partial charge in [0.2, 0.25) is 0 Å². The summed E-state index contributed by atoms with van der Waals surface area (Å²) in [4.78, 5) is 0. The molecule has 0 fully saturated rings. The Morgan fingerprint density at radius 3 is 1.13 bits per heavy atom. The summed E-state index contributed by atoms with van der Waals surface area (Å²) in [7, 11) is 0. The first-order valence-electron chi connectivity index (χ1n) is 10.7. The van der Waals surface area contributed by atoms with E-state index in [2.05, 4.69) is 0 Å². The van der Waals surface area contributed by atoms with E-state index in [9.17, 15) is 0 Å². The van der Waals surface area contributed by atoms with Crippen LogP contribution in [0, 0.1) is 0 Å². The van der Waals surface area contributed by atoms with Gasteiger partial charge in [-0.3, -0.25) is 0 Å². The molecule has 0 radical (unpaired) electrons. The summed E-state index contributed by atoms with van der Waals surface area (Å²) in [5.74, 6) is 0. The molecule has 0 saturated carbocycles. The van der Waals surface area contributed by atoms with Crippen molar-refractivity contribution >= 4 is 0 Å². The van der Waals surface area contributed by atoms with E-state index in [0.717, 1.165) is 16.7 Å². The molecule has 0 spiro atoms. The van der Waals surface area contributed by atoms with Crippen molar-refractivity contribution in [2.45, 2.75) is 38.1 Å². The fraction of sp³-hybridized carbons (Fsp3) is 0.308. The van der Waals surface area contributed by atoms with E-state index in [0.29, 0.717) is 32.9 Å². The average molecular weight is 421 g/mol. The quantitative estimate of drug-likeness (QED) is 0.441. The highest BCUT2D eigenvalue weighted by Crippen LogP contribution is 2.17. The fourth-order valence-corrected chi connectivity index (χ4v) is 3.37. The van der Waals surface area contributed by atoms with Gasteiger partial charge in [0.25, 0.3) is 0 Å². The largest absolute Gasteiger partial charge is 0.369 e. The van der Waals surface area contributed by atoms with E-state index in [4.69, 9.17) is 25.7 Å². The third kappa shape index (κ3) is 7.58. The summed E-state index contributed by atoms with van der Waals surface area (Å²) < 4.78 is 18.7. The molecule has 31 heavy (non-hydrogen) atoms. The highest BCUT2D eigenvalue weighted by atomic mass is 16.6. The van der Waals surface area contributed by atoms with Gasteiger partial charge in [0.05, 0.1) is 32.0 Å². The predicted molar refractivity (Wildman–Crippen MR) is 123 cm³/mol. The first kappa shape index (κ1) is 23.1. The maximum atomic E-state index is 6.30. The molecule has 0 bridgehead atoms. The Morgan fingerprint density at radius 2 is 0.806 bits per heavy atom. The van der Waals surface area contributed by atoms with E-state index in [1.54, 1.807) is 0 Å². The topological polar surface area (TPSA) is 79.7 Å². The van der Waals surface area contributed by atoms with E-state index in [-0.39, 0.29) is 12.2 Å². The van der Waals surface area contributed by atoms with Gasteiger partial charge in [0.1, 0.15) is 6.10 Å². The summed E-state index contributed by atoms with van der Waals surface area (Å²) in [6.45, 7) is 1.94. The molecule has 0 saturated heterocycles. The Balaban J connectivity index is 1.70. The zero-order chi connectivity index (χ0) is 21.7. The maximum Gasteiger partial charge on any atom is 0.113 e. The minimum Gasteiger partial charge on any atom is -0.369 e. The molecule has 0 heterocycles. The summed E-state index contributed by atoms with van der Waals surface area (Å²) in [6, 6.07) is 30.1. The van der Waals surface area contributed by atoms with Crippen LogP contribution in [0.4, 0.5) is 0 Å². The average Bonchev–Trinajstić information content (AvgIpc) is 2.84. The van der Waals surface area contributed by atoms with Gasteiger partial charge in [-0.1, -0.05) is 91.0 Å². The molecule has 3 rings (SSSR count). The Kier molecular flexibility index (Phi) is 9.70. The molecule has 5 nitrogen and oxygen atoms in total. The fourth-order valence-electron chi connectivity index (χ4n) is 3.37. The second-order valence-corrected chi connectivity index (χ2v) is 7.40. The summed E-state index contributed by atoms with van der Waals surface area (Å²) in [6.07, 6.45) is -1.11. The third-order valence-electron chi connectivity index (χ3n) is 5.10. The molecule has 0 aliphatic carbocycles. The lowest BCUT2D eigenvalue weighted by Crippen LogP contribution is -2.49. The smallest absolute Gasteiger partial charge is 0.113 e. The number of ether oxygens (including phenoxy) is 3. The van der Waals surface area contributed by atoms with Crippen LogP contribution < -0.4 is 11.5 Å². The van der Waals surface area contributed by atoms with Crippen LogP contribution in [-0.4, -0.2) is 31.4 Å². The second kappa shape index (κ2) is 13.0. The maximum absolute atomic E-state index is 6.30. The molecule has 0 aliphatic rings. The molecule has 3 aromatic carbocycles. The van der Waals surface area contributed by atoms with Gasteiger partial charge in [0, 0.05) is 13.1 Å². The van der Waals surface area contributed by atoms with Gasteiger partial charge in [0.15, 0.2) is 0 Å². The number of nitrogens with two attached hydrogens (primary N) is 2. The minimum atomic E-state index is -0.400. The molecule has 5 heteroatoms. The first-order valence-corrected chi connectivity index (χ1v) is 10.7. The Bertz CT molecular complexity index is 795. The van der Waals surface area contributed by atoms with Crippen LogP contribution in [0.2, 0.25) is 0 Å². The minimum absolute atomic E-state index is 0.303. The van der Waals surface area contributed by atoms with Crippen molar-refractivity contribution < 1.29 is 14.2 Å². The van der Waals surface area contributed by atoms with Crippen molar-refractivity contribution in [2.75, 3.05) is 13.1 Å². The summed E-state index contributed by atoms with van der Waals surface area (Å²) >= 11 is 0. The van der Waals surface area contributed by atoms with Crippen molar-refractivity contribution in [3.05, 3.63) is 108 Å². The normalized spacial score (nSPS) is 13.3. The molecule has 0 aliphatic heterocycles. The summed E-state index contributed by atoms with van der Waals surface area (Å²) in [5.41, 5.74) is 15.4. The Hall–Kier alpha value is -2.54. The lowest BCUT2D eigenvalue weighted by atomic mass is 10.1. The van der Waals surface area contributed by atoms with E-state index in [1.807, 2.05) is 91.0 Å². The van der Waals surface area contributed by atoms with Crippen LogP contribution >= 0.6 is 0 Å². The van der Waals surface area contributed by atoms with Crippen LogP contribution in [0.3, 0.4) is 0 Å². The second-order valence-electron chi connectivity index (χ2n) is 7.40. The van der Waals surface area contributed by atoms with Crippen LogP contribution in [0.15, 0.2) is 91.0 Å². The first-order chi connectivity index (χ1) is 15.3. The van der Waals surface area contributed by atoms with Gasteiger partial charge in [-0.25, -0.2) is 0 Å². The van der Waals surface area contributed by atoms with Crippen molar-refractivity contribution in [3.8, 4) is 0 Å². The van der Waals surface area contributed by atoms with Crippen molar-refractivity contribution in [1.82, 2.24) is 0 Å². The molecule has 0 unspecified atom stereocenters. The standard InChI is InChI=1S/C26H32N2O3/c27-16-24(29-18-21-10-4-1-5-11-21)26(31-20-23-14-8-3-9-15-23)25(17-28)30-19-22-12-6-2-7-13-22/h1-15,24-26H,16-20,27-28H2/t24-,25-/m0/s1. The zero-order valence-electron chi connectivity index (χ0n) is 17.8. The van der Waals surface area contributed by atoms with Gasteiger partial charge in [-0.05, 0) is 16.7 Å². The highest BCUT2D eigenvalue weighted by molar-refractivity contribution is 5.15. The lowest BCUT2D eigenvalue weighted by Gasteiger charge is -2.32. The molecule has 164 valence electrons. The van der Waals surface area contributed by atoms with Gasteiger partial charge < -0.3 is 25.7 Å². The molecule has 3 aromatic rings. The molecule has 0 aromatic heterocycles. The molecule has 4 N–H and O–H groups in total. The van der Waals surface area contributed by atoms with Crippen LogP contribution in [-0.2, 0) is 34.0 Å². The van der Waals surface area contributed by atoms with Crippen molar-refractivity contribution in [3.63, 3.8) is 0 Å². The predicted octanol–water partition coefficient (Wildman–Crippen LogP) is 3.66. The number of benzene rings is 3. The van der Waals surface area contributed by atoms with Crippen LogP contribution in [0.1, 0.15) is 16.7 Å². The third-order valence-corrected chi connectivity index (χ3v) is 5.10. The number of hydrogen-bond donors (Lipinski definition) is 2. The van der Waals surface area contributed by atoms with E-state index in [1.165, 1.54) is 0 Å². The molecular weight excluding hydrogens is 388 g/mol. The van der Waals surface area contributed by atoms with Crippen LogP contribution in [0.25, 0.3) is 0 Å². The van der Waals surface area contributed by atoms with E-state index < -0.39 is 6.10 Å². The number of hydrogen-bond acceptors (Lipinski definition) is 5. The van der Waals surface area contributed by atoms with Crippen LogP contribution in [0.5, 0.6) is 0 Å². The van der Waals surface area contributed by atoms with Crippen molar-refractivity contribution in [2.24, 2.45) is 11.5 Å². The number of rotatable bonds is 13.